The minimum absolute atomic E-state index is 0.0979. The Balaban J connectivity index is 2.06. The van der Waals surface area contributed by atoms with E-state index in [1.54, 1.807) is 0 Å². The van der Waals surface area contributed by atoms with Crippen LogP contribution in [0.15, 0.2) is 0 Å². The summed E-state index contributed by atoms with van der Waals surface area (Å²) >= 11 is 11.4. The van der Waals surface area contributed by atoms with Gasteiger partial charge in [0.15, 0.2) is 0 Å². The Morgan fingerprint density at radius 2 is 2.22 bits per heavy atom. The molecule has 0 aromatic heterocycles. The Bertz CT molecular complexity index is 103. The molecule has 1 saturated carbocycles. The Morgan fingerprint density at radius 1 is 1.67 bits per heavy atom. The van der Waals surface area contributed by atoms with Crippen molar-refractivity contribution in [2.45, 2.75) is 30.2 Å². The van der Waals surface area contributed by atoms with Gasteiger partial charge in [-0.05, 0) is 6.42 Å². The van der Waals surface area contributed by atoms with Crippen LogP contribution in [0.3, 0.4) is 0 Å². The number of alkyl halides is 2. The van der Waals surface area contributed by atoms with E-state index in [0.29, 0.717) is 0 Å². The highest BCUT2D eigenvalue weighted by Gasteiger charge is 2.52. The lowest BCUT2D eigenvalue weighted by Crippen LogP contribution is -2.02. The van der Waals surface area contributed by atoms with Gasteiger partial charge in [-0.3, -0.25) is 0 Å². The van der Waals surface area contributed by atoms with Crippen molar-refractivity contribution in [3.8, 4) is 0 Å². The summed E-state index contributed by atoms with van der Waals surface area (Å²) in [6.07, 6.45) is 1.91. The molecule has 1 unspecified atom stereocenters. The highest BCUT2D eigenvalue weighted by atomic mass is 35.5. The second-order valence-electron chi connectivity index (χ2n) is 2.32. The highest BCUT2D eigenvalue weighted by molar-refractivity contribution is 6.51. The number of rotatable bonds is 3. The van der Waals surface area contributed by atoms with Crippen molar-refractivity contribution in [3.05, 3.63) is 0 Å². The molecule has 1 fully saturated rings. The van der Waals surface area contributed by atoms with Crippen LogP contribution in [0.5, 0.6) is 0 Å². The molecule has 0 N–H and O–H groups in total. The molecule has 1 nitrogen and oxygen atoms in total. The predicted molar refractivity (Wildman–Crippen MR) is 39.1 cm³/mol. The van der Waals surface area contributed by atoms with Crippen LogP contribution in [0.2, 0.25) is 0 Å². The Kier molecular flexibility index (Phi) is 2.25. The van der Waals surface area contributed by atoms with Crippen molar-refractivity contribution in [3.63, 3.8) is 0 Å². The second-order valence-corrected chi connectivity index (χ2v) is 3.87. The highest BCUT2D eigenvalue weighted by Crippen LogP contribution is 2.49. The van der Waals surface area contributed by atoms with Crippen LogP contribution in [0.1, 0.15) is 19.8 Å². The molecular formula is C6H10Cl2O. The predicted octanol–water partition coefficient (Wildman–Crippen LogP) is 2.36. The van der Waals surface area contributed by atoms with E-state index >= 15 is 0 Å². The first-order valence-electron chi connectivity index (χ1n) is 3.16. The van der Waals surface area contributed by atoms with Crippen LogP contribution < -0.4 is 0 Å². The molecular weight excluding hydrogens is 159 g/mol. The van der Waals surface area contributed by atoms with Crippen molar-refractivity contribution < 1.29 is 4.74 Å². The molecule has 1 atom stereocenters. The normalized spacial score (nSPS) is 30.3. The number of halogens is 2. The molecule has 1 rings (SSSR count). The van der Waals surface area contributed by atoms with E-state index in [4.69, 9.17) is 27.9 Å². The molecule has 0 bridgehead atoms. The van der Waals surface area contributed by atoms with Crippen LogP contribution in [-0.2, 0) is 4.74 Å². The van der Waals surface area contributed by atoms with Crippen LogP contribution in [-0.4, -0.2) is 17.0 Å². The van der Waals surface area contributed by atoms with Gasteiger partial charge in [-0.1, -0.05) is 30.1 Å². The maximum absolute atomic E-state index is 5.68. The van der Waals surface area contributed by atoms with Crippen molar-refractivity contribution in [1.82, 2.24) is 0 Å². The zero-order chi connectivity index (χ0) is 6.91. The molecule has 0 radical (unpaired) electrons. The van der Waals surface area contributed by atoms with E-state index in [0.717, 1.165) is 19.4 Å². The summed E-state index contributed by atoms with van der Waals surface area (Å²) < 4.78 is 4.69. The average Bonchev–Trinajstić information content (AvgIpc) is 2.35. The summed E-state index contributed by atoms with van der Waals surface area (Å²) in [5, 5.41) is 0. The fourth-order valence-electron chi connectivity index (χ4n) is 0.629. The summed E-state index contributed by atoms with van der Waals surface area (Å²) in [6.45, 7) is 2.83. The molecule has 9 heavy (non-hydrogen) atoms. The lowest BCUT2D eigenvalue weighted by molar-refractivity contribution is 0.118. The summed E-state index contributed by atoms with van der Waals surface area (Å²) in [6, 6.07) is 0. The van der Waals surface area contributed by atoms with E-state index in [-0.39, 0.29) is 6.10 Å². The number of hydrogen-bond donors (Lipinski definition) is 0. The maximum Gasteiger partial charge on any atom is 0.146 e. The molecule has 0 aromatic carbocycles. The van der Waals surface area contributed by atoms with E-state index < -0.39 is 4.33 Å². The fraction of sp³-hybridized carbons (Fsp3) is 1.00. The monoisotopic (exact) mass is 168 g/mol. The lowest BCUT2D eigenvalue weighted by atomic mass is 10.5. The molecule has 0 saturated heterocycles. The largest absolute Gasteiger partial charge is 0.375 e. The minimum Gasteiger partial charge on any atom is -0.375 e. The van der Waals surface area contributed by atoms with Gasteiger partial charge in [0.05, 0.1) is 6.10 Å². The van der Waals surface area contributed by atoms with Gasteiger partial charge in [-0.15, -0.1) is 0 Å². The summed E-state index contributed by atoms with van der Waals surface area (Å²) in [7, 11) is 0. The smallest absolute Gasteiger partial charge is 0.146 e. The standard InChI is InChI=1S/C6H10Cl2O/c1-2-3-9-5-4-6(5,7)8/h5H,2-4H2,1H3. The first-order valence-corrected chi connectivity index (χ1v) is 3.92. The van der Waals surface area contributed by atoms with E-state index in [1.165, 1.54) is 0 Å². The Hall–Kier alpha value is 0.540. The summed E-state index contributed by atoms with van der Waals surface area (Å²) in [4.78, 5) is 0. The van der Waals surface area contributed by atoms with Gasteiger partial charge in [0.2, 0.25) is 0 Å². The van der Waals surface area contributed by atoms with Gasteiger partial charge in [0.1, 0.15) is 4.33 Å². The SMILES string of the molecule is CCCOC1CC1(Cl)Cl. The van der Waals surface area contributed by atoms with Gasteiger partial charge in [-0.2, -0.15) is 0 Å². The second kappa shape index (κ2) is 2.65. The van der Waals surface area contributed by atoms with E-state index in [1.807, 2.05) is 0 Å². The minimum atomic E-state index is -0.560. The molecule has 0 spiro atoms. The number of hydrogen-bond acceptors (Lipinski definition) is 1. The van der Waals surface area contributed by atoms with Gasteiger partial charge in [0, 0.05) is 13.0 Å². The van der Waals surface area contributed by atoms with Gasteiger partial charge >= 0.3 is 0 Å². The third kappa shape index (κ3) is 1.99. The molecule has 54 valence electrons. The fourth-order valence-corrected chi connectivity index (χ4v) is 1.04. The first kappa shape index (κ1) is 7.64. The van der Waals surface area contributed by atoms with E-state index in [9.17, 15) is 0 Å². The topological polar surface area (TPSA) is 9.23 Å². The van der Waals surface area contributed by atoms with Crippen LogP contribution in [0.4, 0.5) is 0 Å². The first-order chi connectivity index (χ1) is 4.17. The zero-order valence-electron chi connectivity index (χ0n) is 5.36. The Labute approximate surface area is 65.3 Å². The lowest BCUT2D eigenvalue weighted by Gasteiger charge is -1.99. The molecule has 0 aromatic rings. The van der Waals surface area contributed by atoms with Crippen molar-refractivity contribution in [2.24, 2.45) is 0 Å². The Morgan fingerprint density at radius 3 is 2.56 bits per heavy atom. The molecule has 1 aliphatic rings. The third-order valence-corrected chi connectivity index (χ3v) is 2.09. The van der Waals surface area contributed by atoms with Crippen LogP contribution in [0.25, 0.3) is 0 Å². The summed E-state index contributed by atoms with van der Waals surface area (Å²) in [5.41, 5.74) is 0. The van der Waals surface area contributed by atoms with Gasteiger partial charge < -0.3 is 4.74 Å². The maximum atomic E-state index is 5.68. The van der Waals surface area contributed by atoms with Crippen molar-refractivity contribution in [1.29, 1.82) is 0 Å². The molecule has 3 heteroatoms. The zero-order valence-corrected chi connectivity index (χ0v) is 6.87. The average molecular weight is 169 g/mol. The van der Waals surface area contributed by atoms with Crippen LogP contribution in [0, 0.1) is 0 Å². The van der Waals surface area contributed by atoms with Gasteiger partial charge in [0.25, 0.3) is 0 Å². The van der Waals surface area contributed by atoms with Crippen molar-refractivity contribution >= 4 is 23.2 Å². The molecule has 0 heterocycles. The molecule has 0 amide bonds. The van der Waals surface area contributed by atoms with Crippen LogP contribution >= 0.6 is 23.2 Å². The summed E-state index contributed by atoms with van der Waals surface area (Å²) in [5.74, 6) is 0. The van der Waals surface area contributed by atoms with E-state index in [2.05, 4.69) is 6.92 Å². The molecule has 0 aliphatic heterocycles. The van der Waals surface area contributed by atoms with Crippen molar-refractivity contribution in [2.75, 3.05) is 6.61 Å². The van der Waals surface area contributed by atoms with Gasteiger partial charge in [-0.25, -0.2) is 0 Å². The number of ether oxygens (including phenoxy) is 1. The third-order valence-electron chi connectivity index (χ3n) is 1.29. The quantitative estimate of drug-likeness (QED) is 0.589. The molecule has 1 aliphatic carbocycles.